The number of hydrogen-bond donors (Lipinski definition) is 2. The number of benzene rings is 1. The monoisotopic (exact) mass is 276 g/mol. The second kappa shape index (κ2) is 5.81. The van der Waals surface area contributed by atoms with Crippen molar-refractivity contribution in [1.82, 2.24) is 9.80 Å². The number of rotatable bonds is 2. The molecule has 0 bridgehead atoms. The van der Waals surface area contributed by atoms with Crippen LogP contribution in [-0.2, 0) is 0 Å². The van der Waals surface area contributed by atoms with Gasteiger partial charge in [0.25, 0.3) is 5.91 Å². The molecule has 1 aromatic carbocycles. The SMILES string of the molecule is Cc1ccc(NN)c(C(=O)N2CC(C)N(C)C(C)C2)c1. The lowest BCUT2D eigenvalue weighted by Gasteiger charge is -2.42. The van der Waals surface area contributed by atoms with Crippen LogP contribution in [-0.4, -0.2) is 47.9 Å². The topological polar surface area (TPSA) is 61.6 Å². The quantitative estimate of drug-likeness (QED) is 0.634. The predicted octanol–water partition coefficient (Wildman–Crippen LogP) is 1.45. The van der Waals surface area contributed by atoms with Crippen LogP contribution >= 0.6 is 0 Å². The summed E-state index contributed by atoms with van der Waals surface area (Å²) >= 11 is 0. The summed E-state index contributed by atoms with van der Waals surface area (Å²) in [5, 5.41) is 0. The maximum Gasteiger partial charge on any atom is 0.256 e. The zero-order valence-electron chi connectivity index (χ0n) is 12.7. The van der Waals surface area contributed by atoms with Crippen molar-refractivity contribution in [2.45, 2.75) is 32.9 Å². The molecule has 0 radical (unpaired) electrons. The molecule has 5 nitrogen and oxygen atoms in total. The van der Waals surface area contributed by atoms with E-state index in [4.69, 9.17) is 5.84 Å². The molecule has 2 unspecified atom stereocenters. The van der Waals surface area contributed by atoms with Gasteiger partial charge in [-0.15, -0.1) is 0 Å². The van der Waals surface area contributed by atoms with Crippen molar-refractivity contribution >= 4 is 11.6 Å². The van der Waals surface area contributed by atoms with Crippen molar-refractivity contribution in [3.05, 3.63) is 29.3 Å². The Kier molecular flexibility index (Phi) is 4.30. The van der Waals surface area contributed by atoms with E-state index >= 15 is 0 Å². The molecular weight excluding hydrogens is 252 g/mol. The van der Waals surface area contributed by atoms with E-state index in [1.165, 1.54) is 0 Å². The molecule has 0 aliphatic carbocycles. The van der Waals surface area contributed by atoms with Crippen LogP contribution in [0.1, 0.15) is 29.8 Å². The second-order valence-corrected chi connectivity index (χ2v) is 5.77. The summed E-state index contributed by atoms with van der Waals surface area (Å²) in [6, 6.07) is 6.42. The Hall–Kier alpha value is -1.59. The fourth-order valence-electron chi connectivity index (χ4n) is 2.70. The lowest BCUT2D eigenvalue weighted by Crippen LogP contribution is -2.56. The molecule has 1 amide bonds. The van der Waals surface area contributed by atoms with Gasteiger partial charge >= 0.3 is 0 Å². The lowest BCUT2D eigenvalue weighted by atomic mass is 10.0. The van der Waals surface area contributed by atoms with E-state index in [2.05, 4.69) is 31.2 Å². The average Bonchev–Trinajstić information content (AvgIpc) is 2.43. The Morgan fingerprint density at radius 2 is 1.90 bits per heavy atom. The van der Waals surface area contributed by atoms with Crippen molar-refractivity contribution < 1.29 is 4.79 Å². The van der Waals surface area contributed by atoms with Crippen molar-refractivity contribution in [2.75, 3.05) is 25.6 Å². The highest BCUT2D eigenvalue weighted by Crippen LogP contribution is 2.21. The minimum Gasteiger partial charge on any atom is -0.335 e. The van der Waals surface area contributed by atoms with Crippen molar-refractivity contribution in [3.63, 3.8) is 0 Å². The highest BCUT2D eigenvalue weighted by atomic mass is 16.2. The van der Waals surface area contributed by atoms with Gasteiger partial charge in [0.1, 0.15) is 0 Å². The summed E-state index contributed by atoms with van der Waals surface area (Å²) in [7, 11) is 2.11. The Balaban J connectivity index is 2.25. The van der Waals surface area contributed by atoms with Crippen LogP contribution in [0.15, 0.2) is 18.2 Å². The largest absolute Gasteiger partial charge is 0.335 e. The summed E-state index contributed by atoms with van der Waals surface area (Å²) in [6.07, 6.45) is 0. The third-order valence-corrected chi connectivity index (χ3v) is 4.21. The van der Waals surface area contributed by atoms with Crippen molar-refractivity contribution in [2.24, 2.45) is 5.84 Å². The number of hydrazine groups is 1. The molecule has 2 rings (SSSR count). The number of nitrogens with two attached hydrogens (primary N) is 1. The summed E-state index contributed by atoms with van der Waals surface area (Å²) in [5.41, 5.74) is 5.00. The van der Waals surface area contributed by atoms with Crippen LogP contribution in [0, 0.1) is 6.92 Å². The van der Waals surface area contributed by atoms with Crippen molar-refractivity contribution in [1.29, 1.82) is 0 Å². The molecule has 1 saturated heterocycles. The number of anilines is 1. The number of nitrogen functional groups attached to an aromatic ring is 1. The highest BCUT2D eigenvalue weighted by molar-refractivity contribution is 5.99. The van der Waals surface area contributed by atoms with Gasteiger partial charge in [0.2, 0.25) is 0 Å². The summed E-state index contributed by atoms with van der Waals surface area (Å²) in [5.74, 6) is 5.57. The number of nitrogens with zero attached hydrogens (tertiary/aromatic N) is 2. The fraction of sp³-hybridized carbons (Fsp3) is 0.533. The van der Waals surface area contributed by atoms with Crippen molar-refractivity contribution in [3.8, 4) is 0 Å². The van der Waals surface area contributed by atoms with Gasteiger partial charge < -0.3 is 10.3 Å². The molecule has 1 aliphatic rings. The average molecular weight is 276 g/mol. The first-order chi connectivity index (χ1) is 9.43. The van der Waals surface area contributed by atoms with Crippen LogP contribution in [0.2, 0.25) is 0 Å². The molecule has 110 valence electrons. The minimum absolute atomic E-state index is 0.0495. The Labute approximate surface area is 120 Å². The van der Waals surface area contributed by atoms with Crippen LogP contribution < -0.4 is 11.3 Å². The van der Waals surface area contributed by atoms with Gasteiger partial charge in [-0.3, -0.25) is 15.5 Å². The number of carbonyl (C=O) groups is 1. The standard InChI is InChI=1S/C15H24N4O/c1-10-5-6-14(17-16)13(7-10)15(20)19-8-11(2)18(4)12(3)9-19/h5-7,11-12,17H,8-9,16H2,1-4H3. The number of hydrogen-bond acceptors (Lipinski definition) is 4. The number of likely N-dealkylation sites (N-methyl/N-ethyl adjacent to an activating group) is 1. The fourth-order valence-corrected chi connectivity index (χ4v) is 2.70. The first kappa shape index (κ1) is 14.8. The number of piperazine rings is 1. The van der Waals surface area contributed by atoms with Crippen LogP contribution in [0.25, 0.3) is 0 Å². The summed E-state index contributed by atoms with van der Waals surface area (Å²) < 4.78 is 0. The molecular formula is C15H24N4O. The first-order valence-corrected chi connectivity index (χ1v) is 7.02. The highest BCUT2D eigenvalue weighted by Gasteiger charge is 2.30. The van der Waals surface area contributed by atoms with Gasteiger partial charge in [0.15, 0.2) is 0 Å². The normalized spacial score (nSPS) is 23.8. The molecule has 0 saturated carbocycles. The van der Waals surface area contributed by atoms with Crippen LogP contribution in [0.5, 0.6) is 0 Å². The number of amides is 1. The molecule has 1 fully saturated rings. The number of carbonyl (C=O) groups excluding carboxylic acids is 1. The molecule has 5 heteroatoms. The molecule has 0 spiro atoms. The Bertz CT molecular complexity index is 491. The zero-order valence-corrected chi connectivity index (χ0v) is 12.7. The molecule has 0 aromatic heterocycles. The van der Waals surface area contributed by atoms with E-state index < -0.39 is 0 Å². The second-order valence-electron chi connectivity index (χ2n) is 5.77. The summed E-state index contributed by atoms with van der Waals surface area (Å²) in [6.45, 7) is 7.77. The minimum atomic E-state index is 0.0495. The van der Waals surface area contributed by atoms with Gasteiger partial charge in [-0.1, -0.05) is 11.6 Å². The van der Waals surface area contributed by atoms with Crippen LogP contribution in [0.3, 0.4) is 0 Å². The summed E-state index contributed by atoms with van der Waals surface area (Å²) in [4.78, 5) is 17.0. The maximum absolute atomic E-state index is 12.7. The number of aryl methyl sites for hydroxylation is 1. The van der Waals surface area contributed by atoms with Gasteiger partial charge in [0, 0.05) is 25.2 Å². The molecule has 1 heterocycles. The third kappa shape index (κ3) is 2.78. The molecule has 1 aliphatic heterocycles. The molecule has 1 aromatic rings. The molecule has 2 atom stereocenters. The lowest BCUT2D eigenvalue weighted by molar-refractivity contribution is 0.0415. The zero-order chi connectivity index (χ0) is 14.9. The smallest absolute Gasteiger partial charge is 0.256 e. The van der Waals surface area contributed by atoms with E-state index in [0.29, 0.717) is 23.3 Å². The first-order valence-electron chi connectivity index (χ1n) is 7.02. The molecule has 3 N–H and O–H groups in total. The Morgan fingerprint density at radius 1 is 1.30 bits per heavy atom. The van der Waals surface area contributed by atoms with Crippen LogP contribution in [0.4, 0.5) is 5.69 Å². The molecule has 20 heavy (non-hydrogen) atoms. The van der Waals surface area contributed by atoms with Gasteiger partial charge in [0.05, 0.1) is 11.3 Å². The van der Waals surface area contributed by atoms with E-state index in [-0.39, 0.29) is 5.91 Å². The van der Waals surface area contributed by atoms with E-state index in [1.807, 2.05) is 30.0 Å². The predicted molar refractivity (Wildman–Crippen MR) is 81.6 cm³/mol. The van der Waals surface area contributed by atoms with E-state index in [1.54, 1.807) is 0 Å². The number of nitrogens with one attached hydrogen (secondary N) is 1. The Morgan fingerprint density at radius 3 is 2.45 bits per heavy atom. The maximum atomic E-state index is 12.7. The van der Waals surface area contributed by atoms with E-state index in [0.717, 1.165) is 18.7 Å². The van der Waals surface area contributed by atoms with Gasteiger partial charge in [-0.05, 0) is 40.0 Å². The van der Waals surface area contributed by atoms with E-state index in [9.17, 15) is 4.79 Å². The van der Waals surface area contributed by atoms with Gasteiger partial charge in [-0.25, -0.2) is 0 Å². The van der Waals surface area contributed by atoms with Gasteiger partial charge in [-0.2, -0.15) is 0 Å². The third-order valence-electron chi connectivity index (χ3n) is 4.21.